The standard InChI is InChI=1S/C13H15FINO/c14-12-9-10(15)3-4-11(12)13(17)5-8-16-6-1-2-7-16/h3-4,9H,1-2,5-8H2. The Morgan fingerprint density at radius 3 is 2.71 bits per heavy atom. The molecule has 0 amide bonds. The van der Waals surface area contributed by atoms with Crippen molar-refractivity contribution >= 4 is 28.4 Å². The summed E-state index contributed by atoms with van der Waals surface area (Å²) in [6, 6.07) is 4.76. The number of halogens is 2. The summed E-state index contributed by atoms with van der Waals surface area (Å²) in [7, 11) is 0. The Morgan fingerprint density at radius 2 is 2.06 bits per heavy atom. The van der Waals surface area contributed by atoms with Crippen molar-refractivity contribution in [2.75, 3.05) is 19.6 Å². The van der Waals surface area contributed by atoms with Crippen molar-refractivity contribution in [3.05, 3.63) is 33.1 Å². The molecule has 0 saturated carbocycles. The summed E-state index contributed by atoms with van der Waals surface area (Å²) in [6.07, 6.45) is 2.84. The molecular weight excluding hydrogens is 332 g/mol. The predicted molar refractivity (Wildman–Crippen MR) is 73.7 cm³/mol. The topological polar surface area (TPSA) is 20.3 Å². The van der Waals surface area contributed by atoms with Crippen LogP contribution in [0.15, 0.2) is 18.2 Å². The molecule has 1 aliphatic heterocycles. The summed E-state index contributed by atoms with van der Waals surface area (Å²) in [6.45, 7) is 2.90. The summed E-state index contributed by atoms with van der Waals surface area (Å²) >= 11 is 2.04. The third kappa shape index (κ3) is 3.48. The van der Waals surface area contributed by atoms with E-state index in [1.54, 1.807) is 12.1 Å². The van der Waals surface area contributed by atoms with E-state index < -0.39 is 5.82 Å². The summed E-state index contributed by atoms with van der Waals surface area (Å²) < 4.78 is 14.4. The van der Waals surface area contributed by atoms with Crippen molar-refractivity contribution in [1.82, 2.24) is 4.90 Å². The fourth-order valence-corrected chi connectivity index (χ4v) is 2.57. The van der Waals surface area contributed by atoms with E-state index in [0.717, 1.165) is 23.2 Å². The number of likely N-dealkylation sites (tertiary alicyclic amines) is 1. The summed E-state index contributed by atoms with van der Waals surface area (Å²) in [4.78, 5) is 14.1. The molecule has 1 aromatic rings. The quantitative estimate of drug-likeness (QED) is 0.616. The zero-order valence-corrected chi connectivity index (χ0v) is 11.7. The molecule has 2 rings (SSSR count). The van der Waals surface area contributed by atoms with Crippen molar-refractivity contribution in [1.29, 1.82) is 0 Å². The number of Topliss-reactive ketones (excluding diaryl/α,β-unsaturated/α-hetero) is 1. The number of hydrogen-bond donors (Lipinski definition) is 0. The van der Waals surface area contributed by atoms with E-state index in [9.17, 15) is 9.18 Å². The van der Waals surface area contributed by atoms with Crippen molar-refractivity contribution < 1.29 is 9.18 Å². The van der Waals surface area contributed by atoms with Gasteiger partial charge in [-0.15, -0.1) is 0 Å². The van der Waals surface area contributed by atoms with Crippen LogP contribution in [-0.2, 0) is 0 Å². The maximum Gasteiger partial charge on any atom is 0.167 e. The van der Waals surface area contributed by atoms with Gasteiger partial charge in [0.1, 0.15) is 5.82 Å². The third-order valence-corrected chi connectivity index (χ3v) is 3.76. The Balaban J connectivity index is 1.94. The molecule has 0 N–H and O–H groups in total. The number of ketones is 1. The lowest BCUT2D eigenvalue weighted by molar-refractivity contribution is 0.0965. The minimum Gasteiger partial charge on any atom is -0.303 e. The van der Waals surface area contributed by atoms with Crippen molar-refractivity contribution in [2.24, 2.45) is 0 Å². The maximum absolute atomic E-state index is 13.6. The smallest absolute Gasteiger partial charge is 0.167 e. The second-order valence-electron chi connectivity index (χ2n) is 4.35. The first-order chi connectivity index (χ1) is 8.16. The Kier molecular flexibility index (Phi) is 4.50. The van der Waals surface area contributed by atoms with Gasteiger partial charge in [0.25, 0.3) is 0 Å². The number of hydrogen-bond acceptors (Lipinski definition) is 2. The Bertz CT molecular complexity index is 416. The molecule has 0 atom stereocenters. The molecular formula is C13H15FINO. The van der Waals surface area contributed by atoms with Gasteiger partial charge in [0.05, 0.1) is 5.56 Å². The molecule has 0 unspecified atom stereocenters. The van der Waals surface area contributed by atoms with E-state index >= 15 is 0 Å². The average molecular weight is 347 g/mol. The lowest BCUT2D eigenvalue weighted by atomic mass is 10.1. The van der Waals surface area contributed by atoms with E-state index in [2.05, 4.69) is 4.90 Å². The van der Waals surface area contributed by atoms with Crippen LogP contribution in [0, 0.1) is 9.39 Å². The number of benzene rings is 1. The molecule has 2 nitrogen and oxygen atoms in total. The first kappa shape index (κ1) is 13.0. The molecule has 0 aliphatic carbocycles. The SMILES string of the molecule is O=C(CCN1CCCC1)c1ccc(I)cc1F. The van der Waals surface area contributed by atoms with Crippen LogP contribution in [0.3, 0.4) is 0 Å². The number of nitrogens with zero attached hydrogens (tertiary/aromatic N) is 1. The van der Waals surface area contributed by atoms with Crippen LogP contribution in [0.25, 0.3) is 0 Å². The number of carbonyl (C=O) groups excluding carboxylic acids is 1. The molecule has 0 aromatic heterocycles. The first-order valence-corrected chi connectivity index (χ1v) is 6.95. The van der Waals surface area contributed by atoms with Crippen molar-refractivity contribution in [3.8, 4) is 0 Å². The molecule has 1 aliphatic rings. The van der Waals surface area contributed by atoms with Gasteiger partial charge >= 0.3 is 0 Å². The van der Waals surface area contributed by atoms with Gasteiger partial charge in [-0.3, -0.25) is 4.79 Å². The van der Waals surface area contributed by atoms with Crippen molar-refractivity contribution in [2.45, 2.75) is 19.3 Å². The number of rotatable bonds is 4. The van der Waals surface area contributed by atoms with Crippen molar-refractivity contribution in [3.63, 3.8) is 0 Å². The van der Waals surface area contributed by atoms with Gasteiger partial charge in [-0.25, -0.2) is 4.39 Å². The van der Waals surface area contributed by atoms with Crippen LogP contribution >= 0.6 is 22.6 Å². The normalized spacial score (nSPS) is 16.4. The second kappa shape index (κ2) is 5.91. The van der Waals surface area contributed by atoms with Gasteiger partial charge in [-0.1, -0.05) is 0 Å². The first-order valence-electron chi connectivity index (χ1n) is 5.87. The molecule has 0 radical (unpaired) electrons. The maximum atomic E-state index is 13.6. The van der Waals surface area contributed by atoms with Crippen LogP contribution in [0.2, 0.25) is 0 Å². The van der Waals surface area contributed by atoms with E-state index in [0.29, 0.717) is 6.42 Å². The van der Waals surface area contributed by atoms with Crippen LogP contribution in [0.4, 0.5) is 4.39 Å². The lowest BCUT2D eigenvalue weighted by Gasteiger charge is -2.13. The molecule has 1 aromatic carbocycles. The molecule has 17 heavy (non-hydrogen) atoms. The number of carbonyl (C=O) groups is 1. The molecule has 1 saturated heterocycles. The van der Waals surface area contributed by atoms with Crippen LogP contribution in [-0.4, -0.2) is 30.3 Å². The highest BCUT2D eigenvalue weighted by molar-refractivity contribution is 14.1. The molecule has 1 heterocycles. The Morgan fingerprint density at radius 1 is 1.35 bits per heavy atom. The monoisotopic (exact) mass is 347 g/mol. The van der Waals surface area contributed by atoms with Gasteiger partial charge in [-0.2, -0.15) is 0 Å². The minimum absolute atomic E-state index is 0.0919. The largest absolute Gasteiger partial charge is 0.303 e. The molecule has 1 fully saturated rings. The van der Waals surface area contributed by atoms with E-state index in [1.807, 2.05) is 22.6 Å². The van der Waals surface area contributed by atoms with Crippen LogP contribution < -0.4 is 0 Å². The van der Waals surface area contributed by atoms with Gasteiger partial charge in [-0.05, 0) is 66.7 Å². The summed E-state index contributed by atoms with van der Waals surface area (Å²) in [5, 5.41) is 0. The van der Waals surface area contributed by atoms with Gasteiger partial charge in [0, 0.05) is 16.5 Å². The lowest BCUT2D eigenvalue weighted by Crippen LogP contribution is -2.22. The van der Waals surface area contributed by atoms with Gasteiger partial charge in [0.15, 0.2) is 5.78 Å². The molecule has 4 heteroatoms. The van der Waals surface area contributed by atoms with E-state index in [-0.39, 0.29) is 11.3 Å². The highest BCUT2D eigenvalue weighted by Crippen LogP contribution is 2.15. The average Bonchev–Trinajstić information content (AvgIpc) is 2.78. The fourth-order valence-electron chi connectivity index (χ4n) is 2.12. The van der Waals surface area contributed by atoms with Gasteiger partial charge in [0.2, 0.25) is 0 Å². The third-order valence-electron chi connectivity index (χ3n) is 3.09. The zero-order valence-electron chi connectivity index (χ0n) is 9.59. The van der Waals surface area contributed by atoms with Gasteiger partial charge < -0.3 is 4.90 Å². The van der Waals surface area contributed by atoms with Crippen LogP contribution in [0.1, 0.15) is 29.6 Å². The molecule has 0 spiro atoms. The summed E-state index contributed by atoms with van der Waals surface area (Å²) in [5.41, 5.74) is 0.226. The molecule has 0 bridgehead atoms. The Labute approximate surface area is 114 Å². The highest BCUT2D eigenvalue weighted by Gasteiger charge is 2.16. The zero-order chi connectivity index (χ0) is 12.3. The Hall–Kier alpha value is -0.490. The fraction of sp³-hybridized carbons (Fsp3) is 0.462. The second-order valence-corrected chi connectivity index (χ2v) is 5.59. The van der Waals surface area contributed by atoms with Crippen LogP contribution in [0.5, 0.6) is 0 Å². The van der Waals surface area contributed by atoms with E-state index in [1.165, 1.54) is 18.9 Å². The minimum atomic E-state index is -0.400. The molecule has 92 valence electrons. The summed E-state index contributed by atoms with van der Waals surface area (Å²) in [5.74, 6) is -0.492. The predicted octanol–water partition coefficient (Wildman–Crippen LogP) is 3.10. The van der Waals surface area contributed by atoms with E-state index in [4.69, 9.17) is 0 Å². The highest BCUT2D eigenvalue weighted by atomic mass is 127.